The Kier molecular flexibility index (Phi) is 5.32. The van der Waals surface area contributed by atoms with Crippen molar-refractivity contribution in [2.45, 2.75) is 50.7 Å². The van der Waals surface area contributed by atoms with E-state index in [1.54, 1.807) is 0 Å². The smallest absolute Gasteiger partial charge is 0.328 e. The molecule has 3 heterocycles. The second-order valence-corrected chi connectivity index (χ2v) is 7.95. The molecule has 2 saturated heterocycles. The number of hydrazine groups is 1. The second kappa shape index (κ2) is 7.89. The summed E-state index contributed by atoms with van der Waals surface area (Å²) < 4.78 is 0. The Labute approximate surface area is 164 Å². The zero-order valence-electron chi connectivity index (χ0n) is 16.0. The van der Waals surface area contributed by atoms with Crippen LogP contribution >= 0.6 is 0 Å². The van der Waals surface area contributed by atoms with Crippen molar-refractivity contribution in [2.75, 3.05) is 18.1 Å². The monoisotopic (exact) mass is 385 g/mol. The predicted octanol–water partition coefficient (Wildman–Crippen LogP) is 1.20. The van der Waals surface area contributed by atoms with Crippen LogP contribution in [0.3, 0.4) is 0 Å². The van der Waals surface area contributed by atoms with E-state index >= 15 is 0 Å². The molecular weight excluding hydrogens is 358 g/mol. The van der Waals surface area contributed by atoms with E-state index < -0.39 is 12.0 Å². The van der Waals surface area contributed by atoms with Crippen LogP contribution in [0.5, 0.6) is 0 Å². The van der Waals surface area contributed by atoms with Crippen molar-refractivity contribution >= 4 is 23.3 Å². The first-order chi connectivity index (χ1) is 13.5. The van der Waals surface area contributed by atoms with Gasteiger partial charge in [-0.1, -0.05) is 18.2 Å². The fourth-order valence-corrected chi connectivity index (χ4v) is 4.40. The number of carboxylic acid groups (broad SMARTS) is 1. The topological polar surface area (TPSA) is 97.3 Å². The van der Waals surface area contributed by atoms with Gasteiger partial charge in [-0.15, -0.1) is 0 Å². The maximum Gasteiger partial charge on any atom is 0.328 e. The van der Waals surface area contributed by atoms with Crippen molar-refractivity contribution in [1.29, 1.82) is 0 Å². The van der Waals surface area contributed by atoms with Gasteiger partial charge in [0.2, 0.25) is 0 Å². The molecule has 28 heavy (non-hydrogen) atoms. The van der Waals surface area contributed by atoms with Crippen LogP contribution in [0.1, 0.15) is 32.6 Å². The van der Waals surface area contributed by atoms with Crippen LogP contribution in [0.15, 0.2) is 35.4 Å². The third-order valence-electron chi connectivity index (χ3n) is 5.98. The number of hydrogen-bond donors (Lipinski definition) is 3. The zero-order valence-corrected chi connectivity index (χ0v) is 16.0. The Balaban J connectivity index is 1.41. The lowest BCUT2D eigenvalue weighted by Gasteiger charge is -2.34. The van der Waals surface area contributed by atoms with Gasteiger partial charge in [-0.05, 0) is 44.2 Å². The number of para-hydroxylation sites is 1. The highest BCUT2D eigenvalue weighted by atomic mass is 16.4. The number of hydrogen-bond acceptors (Lipinski definition) is 6. The molecule has 8 nitrogen and oxygen atoms in total. The number of piperidine rings is 1. The normalized spacial score (nSPS) is 28.5. The fourth-order valence-electron chi connectivity index (χ4n) is 4.40. The molecule has 3 aliphatic rings. The van der Waals surface area contributed by atoms with Crippen molar-refractivity contribution < 1.29 is 14.7 Å². The van der Waals surface area contributed by atoms with Crippen LogP contribution < -0.4 is 15.9 Å². The summed E-state index contributed by atoms with van der Waals surface area (Å²) in [5, 5.41) is 15.4. The van der Waals surface area contributed by atoms with Crippen LogP contribution in [0, 0.1) is 5.92 Å². The maximum atomic E-state index is 13.0. The van der Waals surface area contributed by atoms with Gasteiger partial charge in [0.25, 0.3) is 5.91 Å². The SMILES string of the molecule is CC1CC(C2CCN(C(=O)C3=NN(c4ccccc4)C(C(=O)O)C3)CC2)NN1. The number of nitrogens with one attached hydrogen (secondary N) is 2. The Morgan fingerprint density at radius 1 is 1.14 bits per heavy atom. The Hall–Kier alpha value is -2.45. The van der Waals surface area contributed by atoms with Gasteiger partial charge in [-0.2, -0.15) is 5.10 Å². The number of aliphatic carboxylic acids is 1. The number of hydrazone groups is 1. The molecule has 0 saturated carbocycles. The molecular formula is C20H27N5O3. The van der Waals surface area contributed by atoms with Crippen LogP contribution in [-0.4, -0.2) is 58.8 Å². The summed E-state index contributed by atoms with van der Waals surface area (Å²) >= 11 is 0. The molecule has 0 bridgehead atoms. The summed E-state index contributed by atoms with van der Waals surface area (Å²) in [5.41, 5.74) is 7.66. The van der Waals surface area contributed by atoms with Crippen LogP contribution in [0.2, 0.25) is 0 Å². The average molecular weight is 385 g/mol. The van der Waals surface area contributed by atoms with Crippen molar-refractivity contribution in [2.24, 2.45) is 11.0 Å². The average Bonchev–Trinajstić information content (AvgIpc) is 3.35. The van der Waals surface area contributed by atoms with Crippen molar-refractivity contribution in [1.82, 2.24) is 15.8 Å². The molecule has 4 rings (SSSR count). The molecule has 150 valence electrons. The van der Waals surface area contributed by atoms with E-state index in [1.807, 2.05) is 35.2 Å². The number of likely N-dealkylation sites (tertiary alicyclic amines) is 1. The van der Waals surface area contributed by atoms with E-state index in [2.05, 4.69) is 22.9 Å². The Morgan fingerprint density at radius 2 is 1.86 bits per heavy atom. The van der Waals surface area contributed by atoms with Gasteiger partial charge >= 0.3 is 5.97 Å². The lowest BCUT2D eigenvalue weighted by atomic mass is 9.87. The minimum absolute atomic E-state index is 0.131. The Bertz CT molecular complexity index is 760. The number of rotatable bonds is 4. The molecule has 1 aromatic carbocycles. The summed E-state index contributed by atoms with van der Waals surface area (Å²) in [7, 11) is 0. The summed E-state index contributed by atoms with van der Waals surface area (Å²) in [5.74, 6) is -0.545. The maximum absolute atomic E-state index is 13.0. The Morgan fingerprint density at radius 3 is 2.46 bits per heavy atom. The highest BCUT2D eigenvalue weighted by Gasteiger charge is 2.39. The van der Waals surface area contributed by atoms with Gasteiger partial charge in [-0.25, -0.2) is 4.79 Å². The summed E-state index contributed by atoms with van der Waals surface area (Å²) in [6.07, 6.45) is 3.15. The first-order valence-corrected chi connectivity index (χ1v) is 9.98. The minimum atomic E-state index is -0.969. The van der Waals surface area contributed by atoms with Gasteiger partial charge in [0.15, 0.2) is 6.04 Å². The molecule has 8 heteroatoms. The van der Waals surface area contributed by atoms with E-state index in [-0.39, 0.29) is 12.3 Å². The number of carboxylic acids is 1. The van der Waals surface area contributed by atoms with Crippen molar-refractivity contribution in [3.8, 4) is 0 Å². The molecule has 3 N–H and O–H groups in total. The van der Waals surface area contributed by atoms with Crippen molar-refractivity contribution in [3.05, 3.63) is 30.3 Å². The van der Waals surface area contributed by atoms with E-state index in [0.717, 1.165) is 19.3 Å². The predicted molar refractivity (Wildman–Crippen MR) is 106 cm³/mol. The van der Waals surface area contributed by atoms with Crippen LogP contribution in [0.4, 0.5) is 5.69 Å². The number of amides is 1. The van der Waals surface area contributed by atoms with Gasteiger partial charge in [-0.3, -0.25) is 20.7 Å². The molecule has 3 aliphatic heterocycles. The third-order valence-corrected chi connectivity index (χ3v) is 5.98. The largest absolute Gasteiger partial charge is 0.480 e. The number of carbonyl (C=O) groups is 2. The van der Waals surface area contributed by atoms with Crippen LogP contribution in [-0.2, 0) is 9.59 Å². The highest BCUT2D eigenvalue weighted by molar-refractivity contribution is 6.40. The first kappa shape index (κ1) is 18.9. The second-order valence-electron chi connectivity index (χ2n) is 7.95. The van der Waals surface area contributed by atoms with E-state index in [4.69, 9.17) is 0 Å². The lowest BCUT2D eigenvalue weighted by Crippen LogP contribution is -2.46. The molecule has 1 aromatic rings. The van der Waals surface area contributed by atoms with Gasteiger partial charge < -0.3 is 10.0 Å². The van der Waals surface area contributed by atoms with E-state index in [0.29, 0.717) is 42.5 Å². The molecule has 0 aliphatic carbocycles. The molecule has 0 radical (unpaired) electrons. The molecule has 3 atom stereocenters. The number of benzene rings is 1. The number of nitrogens with zero attached hydrogens (tertiary/aromatic N) is 3. The van der Waals surface area contributed by atoms with Gasteiger partial charge in [0.1, 0.15) is 5.71 Å². The summed E-state index contributed by atoms with van der Waals surface area (Å²) in [4.78, 5) is 26.5. The molecule has 3 unspecified atom stereocenters. The summed E-state index contributed by atoms with van der Waals surface area (Å²) in [6, 6.07) is 9.25. The number of anilines is 1. The van der Waals surface area contributed by atoms with Crippen LogP contribution in [0.25, 0.3) is 0 Å². The van der Waals surface area contributed by atoms with Gasteiger partial charge in [0, 0.05) is 31.6 Å². The molecule has 1 amide bonds. The zero-order chi connectivity index (χ0) is 19.7. The number of carbonyl (C=O) groups excluding carboxylic acids is 1. The van der Waals surface area contributed by atoms with E-state index in [9.17, 15) is 14.7 Å². The third kappa shape index (κ3) is 3.74. The van der Waals surface area contributed by atoms with E-state index in [1.165, 1.54) is 5.01 Å². The molecule has 0 spiro atoms. The fraction of sp³-hybridized carbons (Fsp3) is 0.550. The lowest BCUT2D eigenvalue weighted by molar-refractivity contribution is -0.138. The highest BCUT2D eigenvalue weighted by Crippen LogP contribution is 2.28. The molecule has 0 aromatic heterocycles. The minimum Gasteiger partial charge on any atom is -0.480 e. The first-order valence-electron chi connectivity index (χ1n) is 9.98. The summed E-state index contributed by atoms with van der Waals surface area (Å²) in [6.45, 7) is 3.55. The van der Waals surface area contributed by atoms with Crippen molar-refractivity contribution in [3.63, 3.8) is 0 Å². The molecule has 2 fully saturated rings. The standard InChI is InChI=1S/C20H27N5O3/c1-13-11-16(22-21-13)14-7-9-24(10-8-14)19(26)17-12-18(20(27)28)25(23-17)15-5-3-2-4-6-15/h2-6,13-14,16,18,21-22H,7-12H2,1H3,(H,27,28). The quantitative estimate of drug-likeness (QED) is 0.721. The van der Waals surface area contributed by atoms with Gasteiger partial charge in [0.05, 0.1) is 5.69 Å².